The lowest BCUT2D eigenvalue weighted by molar-refractivity contribution is 1.15. The van der Waals surface area contributed by atoms with Gasteiger partial charge in [-0.1, -0.05) is 28.1 Å². The Morgan fingerprint density at radius 2 is 1.94 bits per heavy atom. The van der Waals surface area contributed by atoms with Gasteiger partial charge in [-0.25, -0.2) is 9.97 Å². The molecule has 5 nitrogen and oxygen atoms in total. The van der Waals surface area contributed by atoms with Crippen LogP contribution >= 0.6 is 15.9 Å². The number of hydrogen-bond donors (Lipinski definition) is 0. The predicted molar refractivity (Wildman–Crippen MR) is 64.0 cm³/mol. The first-order chi connectivity index (χ1) is 7.79. The third-order valence-electron chi connectivity index (χ3n) is 1.89. The van der Waals surface area contributed by atoms with Gasteiger partial charge in [-0.05, 0) is 28.8 Å². The largest absolute Gasteiger partial charge is 0.237 e. The molecule has 1 aromatic carbocycles. The Morgan fingerprint density at radius 3 is 2.62 bits per heavy atom. The zero-order chi connectivity index (χ0) is 11.4. The molecule has 2 aromatic rings. The van der Waals surface area contributed by atoms with Crippen molar-refractivity contribution < 1.29 is 0 Å². The second kappa shape index (κ2) is 4.74. The maximum Gasteiger partial charge on any atom is 0.159 e. The van der Waals surface area contributed by atoms with Gasteiger partial charge in [0.1, 0.15) is 5.82 Å². The van der Waals surface area contributed by atoms with E-state index in [9.17, 15) is 0 Å². The average molecular weight is 276 g/mol. The lowest BCUT2D eigenvalue weighted by Crippen LogP contribution is -1.87. The fraction of sp³-hybridized carbons (Fsp3) is 0. The summed E-state index contributed by atoms with van der Waals surface area (Å²) >= 11 is 3.35. The van der Waals surface area contributed by atoms with Crippen molar-refractivity contribution in [2.45, 2.75) is 0 Å². The number of aromatic nitrogens is 2. The molecule has 0 fully saturated rings. The van der Waals surface area contributed by atoms with Crippen LogP contribution in [-0.2, 0) is 0 Å². The number of halogens is 1. The summed E-state index contributed by atoms with van der Waals surface area (Å²) in [7, 11) is 0. The van der Waals surface area contributed by atoms with E-state index in [4.69, 9.17) is 5.53 Å². The number of benzene rings is 1. The molecule has 0 aliphatic carbocycles. The molecule has 78 valence electrons. The van der Waals surface area contributed by atoms with Gasteiger partial charge in [-0.15, -0.1) is 0 Å². The zero-order valence-electron chi connectivity index (χ0n) is 8.08. The van der Waals surface area contributed by atoms with Gasteiger partial charge in [0, 0.05) is 21.1 Å². The van der Waals surface area contributed by atoms with Crippen LogP contribution in [0, 0.1) is 0 Å². The molecule has 0 aliphatic heterocycles. The van der Waals surface area contributed by atoms with E-state index in [0.29, 0.717) is 11.6 Å². The Labute approximate surface area is 99.9 Å². The summed E-state index contributed by atoms with van der Waals surface area (Å²) in [6.07, 6.45) is 1.56. The van der Waals surface area contributed by atoms with Gasteiger partial charge in [0.2, 0.25) is 0 Å². The molecule has 1 aromatic heterocycles. The SMILES string of the molecule is [N-]=[N+]=Nc1ccnc(-c2ccc(Br)cc2)n1. The zero-order valence-corrected chi connectivity index (χ0v) is 9.66. The molecule has 0 saturated heterocycles. The minimum Gasteiger partial charge on any atom is -0.237 e. The molecule has 0 saturated carbocycles. The lowest BCUT2D eigenvalue weighted by atomic mass is 10.2. The highest BCUT2D eigenvalue weighted by Gasteiger charge is 2.01. The van der Waals surface area contributed by atoms with E-state index in [1.165, 1.54) is 0 Å². The van der Waals surface area contributed by atoms with Crippen molar-refractivity contribution in [3.05, 3.63) is 51.4 Å². The molecule has 0 aliphatic rings. The Morgan fingerprint density at radius 1 is 1.19 bits per heavy atom. The number of hydrogen-bond acceptors (Lipinski definition) is 3. The summed E-state index contributed by atoms with van der Waals surface area (Å²) in [6, 6.07) is 9.14. The van der Waals surface area contributed by atoms with Crippen LogP contribution in [0.1, 0.15) is 0 Å². The second-order valence-electron chi connectivity index (χ2n) is 2.93. The summed E-state index contributed by atoms with van der Waals surface area (Å²) in [6.45, 7) is 0. The Kier molecular flexibility index (Phi) is 3.14. The van der Waals surface area contributed by atoms with Gasteiger partial charge >= 0.3 is 0 Å². The Bertz CT molecular complexity index is 545. The van der Waals surface area contributed by atoms with E-state index >= 15 is 0 Å². The molecule has 6 heteroatoms. The minimum absolute atomic E-state index is 0.315. The van der Waals surface area contributed by atoms with Crippen LogP contribution in [0.5, 0.6) is 0 Å². The molecule has 0 radical (unpaired) electrons. The van der Waals surface area contributed by atoms with Gasteiger partial charge in [0.15, 0.2) is 5.82 Å². The van der Waals surface area contributed by atoms with Gasteiger partial charge in [0.25, 0.3) is 0 Å². The van der Waals surface area contributed by atoms with Crippen LogP contribution in [-0.4, -0.2) is 9.97 Å². The van der Waals surface area contributed by atoms with Gasteiger partial charge in [0.05, 0.1) is 0 Å². The fourth-order valence-corrected chi connectivity index (χ4v) is 1.45. The summed E-state index contributed by atoms with van der Waals surface area (Å²) in [4.78, 5) is 10.9. The first kappa shape index (κ1) is 10.6. The van der Waals surface area contributed by atoms with Crippen molar-refractivity contribution in [1.82, 2.24) is 9.97 Å². The van der Waals surface area contributed by atoms with Crippen molar-refractivity contribution in [2.75, 3.05) is 0 Å². The average Bonchev–Trinajstić information content (AvgIpc) is 2.31. The Balaban J connectivity index is 2.43. The predicted octanol–water partition coefficient (Wildman–Crippen LogP) is 3.85. The normalized spacial score (nSPS) is 9.56. The fourth-order valence-electron chi connectivity index (χ4n) is 1.19. The lowest BCUT2D eigenvalue weighted by Gasteiger charge is -2.00. The van der Waals surface area contributed by atoms with Crippen LogP contribution in [0.15, 0.2) is 46.1 Å². The van der Waals surface area contributed by atoms with Crippen molar-refractivity contribution in [3.63, 3.8) is 0 Å². The Hall–Kier alpha value is -1.91. The van der Waals surface area contributed by atoms with Crippen molar-refractivity contribution in [3.8, 4) is 11.4 Å². The van der Waals surface area contributed by atoms with Crippen LogP contribution in [0.3, 0.4) is 0 Å². The van der Waals surface area contributed by atoms with E-state index < -0.39 is 0 Å². The maximum absolute atomic E-state index is 8.31. The van der Waals surface area contributed by atoms with Crippen molar-refractivity contribution in [1.29, 1.82) is 0 Å². The van der Waals surface area contributed by atoms with Gasteiger partial charge < -0.3 is 0 Å². The van der Waals surface area contributed by atoms with Crippen LogP contribution in [0.2, 0.25) is 0 Å². The second-order valence-corrected chi connectivity index (χ2v) is 3.85. The highest BCUT2D eigenvalue weighted by Crippen LogP contribution is 2.19. The van der Waals surface area contributed by atoms with Crippen LogP contribution < -0.4 is 0 Å². The monoisotopic (exact) mass is 275 g/mol. The molecule has 16 heavy (non-hydrogen) atoms. The molecule has 0 unspecified atom stereocenters. The van der Waals surface area contributed by atoms with Crippen molar-refractivity contribution in [2.24, 2.45) is 5.11 Å². The first-order valence-electron chi connectivity index (χ1n) is 4.43. The van der Waals surface area contributed by atoms with Crippen molar-refractivity contribution >= 4 is 21.7 Å². The minimum atomic E-state index is 0.315. The van der Waals surface area contributed by atoms with E-state index in [1.807, 2.05) is 24.3 Å². The quantitative estimate of drug-likeness (QED) is 0.474. The van der Waals surface area contributed by atoms with E-state index in [2.05, 4.69) is 35.9 Å². The molecule has 1 heterocycles. The van der Waals surface area contributed by atoms with E-state index in [-0.39, 0.29) is 0 Å². The molecule has 0 N–H and O–H groups in total. The number of nitrogens with zero attached hydrogens (tertiary/aromatic N) is 5. The molecule has 0 spiro atoms. The number of azide groups is 1. The highest BCUT2D eigenvalue weighted by atomic mass is 79.9. The third-order valence-corrected chi connectivity index (χ3v) is 2.42. The third kappa shape index (κ3) is 2.36. The van der Waals surface area contributed by atoms with Gasteiger partial charge in [-0.2, -0.15) is 0 Å². The molecule has 0 bridgehead atoms. The van der Waals surface area contributed by atoms with Crippen LogP contribution in [0.25, 0.3) is 21.8 Å². The van der Waals surface area contributed by atoms with Crippen LogP contribution in [0.4, 0.5) is 5.82 Å². The molecule has 0 amide bonds. The van der Waals surface area contributed by atoms with E-state index in [1.54, 1.807) is 12.3 Å². The smallest absolute Gasteiger partial charge is 0.159 e. The summed E-state index contributed by atoms with van der Waals surface area (Å²) in [5.41, 5.74) is 9.18. The molecule has 0 atom stereocenters. The summed E-state index contributed by atoms with van der Waals surface area (Å²) in [5.74, 6) is 0.854. The topological polar surface area (TPSA) is 74.5 Å². The first-order valence-corrected chi connectivity index (χ1v) is 5.23. The highest BCUT2D eigenvalue weighted by molar-refractivity contribution is 9.10. The van der Waals surface area contributed by atoms with E-state index in [0.717, 1.165) is 10.0 Å². The van der Waals surface area contributed by atoms with Gasteiger partial charge in [-0.3, -0.25) is 0 Å². The maximum atomic E-state index is 8.31. The molecule has 2 rings (SSSR count). The summed E-state index contributed by atoms with van der Waals surface area (Å²) < 4.78 is 0.988. The number of rotatable bonds is 2. The summed E-state index contributed by atoms with van der Waals surface area (Å²) in [5, 5.41) is 3.43. The molecular formula is C10H6BrN5. The standard InChI is InChI=1S/C10H6BrN5/c11-8-3-1-7(2-4-8)10-13-6-5-9(14-10)15-16-12/h1-6H. The molecular weight excluding hydrogens is 270 g/mol.